The Labute approximate surface area is 70.0 Å². The lowest BCUT2D eigenvalue weighted by atomic mass is 11.4. The highest BCUT2D eigenvalue weighted by atomic mass is 35.6. The molecule has 0 heterocycles. The van der Waals surface area contributed by atoms with E-state index in [0.717, 1.165) is 0 Å². The van der Waals surface area contributed by atoms with Gasteiger partial charge in [-0.3, -0.25) is 0 Å². The Hall–Kier alpha value is 0.790. The molecule has 0 N–H and O–H groups in total. The second-order valence-corrected chi connectivity index (χ2v) is 2.92. The summed E-state index contributed by atoms with van der Waals surface area (Å²) in [5.74, 6) is 0. The Morgan fingerprint density at radius 1 is 1.11 bits per heavy atom. The number of methoxy groups -OCH3 is 2. The fourth-order valence-corrected chi connectivity index (χ4v) is 0.118. The molecule has 5 heteroatoms. The minimum atomic E-state index is -0.750. The molecule has 0 rings (SSSR count). The molecule has 0 aliphatic heterocycles. The third-order valence-corrected chi connectivity index (χ3v) is 0.236. The van der Waals surface area contributed by atoms with Crippen LogP contribution in [0.25, 0.3) is 0 Å². The zero-order chi connectivity index (χ0) is 7.70. The Morgan fingerprint density at radius 3 is 1.33 bits per heavy atom. The van der Waals surface area contributed by atoms with Crippen LogP contribution in [0.15, 0.2) is 0 Å². The minimum Gasteiger partial charge on any atom is -0.359 e. The molecule has 0 fully saturated rings. The second-order valence-electron chi connectivity index (χ2n) is 0.943. The summed E-state index contributed by atoms with van der Waals surface area (Å²) < 4.78 is 8.19. The summed E-state index contributed by atoms with van der Waals surface area (Å²) in [7, 11) is 3.17. The first-order valence-electron chi connectivity index (χ1n) is 2.05. The van der Waals surface area contributed by atoms with E-state index in [0.29, 0.717) is 6.79 Å². The lowest BCUT2D eigenvalue weighted by Crippen LogP contribution is -1.87. The van der Waals surface area contributed by atoms with E-state index in [-0.39, 0.29) is 0 Å². The first-order chi connectivity index (χ1) is 4.15. The zero-order valence-corrected chi connectivity index (χ0v) is 7.50. The van der Waals surface area contributed by atoms with E-state index >= 15 is 0 Å². The highest BCUT2D eigenvalue weighted by Crippen LogP contribution is 2.03. The van der Waals surface area contributed by atoms with Gasteiger partial charge in [0.2, 0.25) is 0 Å². The van der Waals surface area contributed by atoms with Gasteiger partial charge in [0, 0.05) is 14.2 Å². The van der Waals surface area contributed by atoms with Crippen LogP contribution in [0.4, 0.5) is 0 Å². The average molecular weight is 195 g/mol. The van der Waals surface area contributed by atoms with Crippen molar-refractivity contribution in [1.29, 1.82) is 0 Å². The van der Waals surface area contributed by atoms with E-state index < -0.39 is 4.30 Å². The smallest absolute Gasteiger partial charge is 0.180 e. The summed E-state index contributed by atoms with van der Waals surface area (Å²) in [4.78, 5) is 0. The van der Waals surface area contributed by atoms with E-state index in [1.165, 1.54) is 0 Å². The topological polar surface area (TPSA) is 18.5 Å². The van der Waals surface area contributed by atoms with Crippen LogP contribution < -0.4 is 0 Å². The van der Waals surface area contributed by atoms with Gasteiger partial charge in [-0.25, -0.2) is 0 Å². The van der Waals surface area contributed by atoms with Gasteiger partial charge in [-0.05, 0) is 0 Å². The Morgan fingerprint density at radius 2 is 1.33 bits per heavy atom. The Balaban J connectivity index is 0. The third kappa shape index (κ3) is 52.1. The molecule has 0 aliphatic rings. The van der Waals surface area contributed by atoms with Crippen molar-refractivity contribution in [2.24, 2.45) is 0 Å². The van der Waals surface area contributed by atoms with Crippen LogP contribution in [0.3, 0.4) is 0 Å². The summed E-state index contributed by atoms with van der Waals surface area (Å²) in [6, 6.07) is 0. The molecular formula is C4H9Cl3O2. The van der Waals surface area contributed by atoms with Crippen LogP contribution in [0.5, 0.6) is 0 Å². The molecule has 9 heavy (non-hydrogen) atoms. The number of ether oxygens (including phenoxy) is 2. The maximum absolute atomic E-state index is 4.81. The predicted octanol–water partition coefficient (Wildman–Crippen LogP) is 2.22. The maximum atomic E-state index is 4.81. The quantitative estimate of drug-likeness (QED) is 0.497. The van der Waals surface area contributed by atoms with Crippen molar-refractivity contribution >= 4 is 34.8 Å². The molecule has 58 valence electrons. The summed E-state index contributed by atoms with van der Waals surface area (Å²) >= 11 is 14.4. The van der Waals surface area contributed by atoms with Crippen molar-refractivity contribution in [3.05, 3.63) is 0 Å². The molecule has 0 saturated heterocycles. The fraction of sp³-hybridized carbons (Fsp3) is 1.00. The van der Waals surface area contributed by atoms with E-state index in [1.54, 1.807) is 14.2 Å². The standard InChI is InChI=1S/C3H8O2.CHCl3/c1-4-3-5-2;2-1(3)4/h3H2,1-2H3;1H. The van der Waals surface area contributed by atoms with Gasteiger partial charge in [-0.15, -0.1) is 0 Å². The number of hydrogen-bond donors (Lipinski definition) is 0. The minimum absolute atomic E-state index is 0.389. The first-order valence-corrected chi connectivity index (χ1v) is 3.36. The van der Waals surface area contributed by atoms with Crippen molar-refractivity contribution in [2.75, 3.05) is 21.0 Å². The van der Waals surface area contributed by atoms with Gasteiger partial charge in [0.05, 0.1) is 0 Å². The SMILES string of the molecule is COCOC.ClC(Cl)Cl. The van der Waals surface area contributed by atoms with Crippen LogP contribution in [-0.4, -0.2) is 25.3 Å². The largest absolute Gasteiger partial charge is 0.359 e. The van der Waals surface area contributed by atoms with Gasteiger partial charge in [-0.2, -0.15) is 0 Å². The number of rotatable bonds is 2. The first kappa shape index (κ1) is 12.5. The van der Waals surface area contributed by atoms with Crippen molar-refractivity contribution in [2.45, 2.75) is 4.30 Å². The van der Waals surface area contributed by atoms with E-state index in [4.69, 9.17) is 34.8 Å². The van der Waals surface area contributed by atoms with Crippen LogP contribution in [0.1, 0.15) is 0 Å². The van der Waals surface area contributed by atoms with Gasteiger partial charge >= 0.3 is 0 Å². The van der Waals surface area contributed by atoms with Gasteiger partial charge in [0.25, 0.3) is 0 Å². The van der Waals surface area contributed by atoms with Crippen molar-refractivity contribution in [3.63, 3.8) is 0 Å². The second kappa shape index (κ2) is 11.6. The van der Waals surface area contributed by atoms with Gasteiger partial charge in [0.1, 0.15) is 6.79 Å². The van der Waals surface area contributed by atoms with E-state index in [1.807, 2.05) is 0 Å². The zero-order valence-electron chi connectivity index (χ0n) is 5.23. The summed E-state index contributed by atoms with van der Waals surface area (Å²) in [6.45, 7) is 0.389. The molecule has 0 bridgehead atoms. The summed E-state index contributed by atoms with van der Waals surface area (Å²) in [5, 5.41) is 0. The number of halogens is 3. The molecule has 0 aromatic rings. The molecule has 0 radical (unpaired) electrons. The average Bonchev–Trinajstić information content (AvgIpc) is 1.66. The molecular weight excluding hydrogens is 186 g/mol. The third-order valence-electron chi connectivity index (χ3n) is 0.236. The lowest BCUT2D eigenvalue weighted by molar-refractivity contribution is -0.00271. The molecule has 0 aliphatic carbocycles. The maximum Gasteiger partial charge on any atom is 0.180 e. The van der Waals surface area contributed by atoms with Crippen LogP contribution in [-0.2, 0) is 9.47 Å². The lowest BCUT2D eigenvalue weighted by Gasteiger charge is -1.87. The molecule has 0 amide bonds. The Bertz CT molecular complexity index is 38.0. The molecule has 0 atom stereocenters. The van der Waals surface area contributed by atoms with Gasteiger partial charge in [0.15, 0.2) is 4.30 Å². The highest BCUT2D eigenvalue weighted by molar-refractivity contribution is 6.63. The van der Waals surface area contributed by atoms with Crippen molar-refractivity contribution in [1.82, 2.24) is 0 Å². The molecule has 2 nitrogen and oxygen atoms in total. The molecule has 0 aromatic carbocycles. The van der Waals surface area contributed by atoms with E-state index in [2.05, 4.69) is 9.47 Å². The van der Waals surface area contributed by atoms with Gasteiger partial charge in [-0.1, -0.05) is 34.8 Å². The molecule has 0 unspecified atom stereocenters. The highest BCUT2D eigenvalue weighted by Gasteiger charge is 1.78. The molecule has 0 aromatic heterocycles. The fourth-order valence-electron chi connectivity index (χ4n) is 0.118. The summed E-state index contributed by atoms with van der Waals surface area (Å²) in [5.41, 5.74) is 0. The summed E-state index contributed by atoms with van der Waals surface area (Å²) in [6.07, 6.45) is 0. The van der Waals surface area contributed by atoms with Crippen LogP contribution in [0.2, 0.25) is 0 Å². The van der Waals surface area contributed by atoms with Crippen LogP contribution >= 0.6 is 34.8 Å². The molecule has 0 spiro atoms. The van der Waals surface area contributed by atoms with Crippen molar-refractivity contribution in [3.8, 4) is 0 Å². The predicted molar refractivity (Wildman–Crippen MR) is 40.2 cm³/mol. The van der Waals surface area contributed by atoms with Crippen LogP contribution in [0, 0.1) is 0 Å². The number of alkyl halides is 3. The monoisotopic (exact) mass is 194 g/mol. The van der Waals surface area contributed by atoms with Gasteiger partial charge < -0.3 is 9.47 Å². The van der Waals surface area contributed by atoms with E-state index in [9.17, 15) is 0 Å². The Kier molecular flexibility index (Phi) is 16.0. The molecule has 0 saturated carbocycles. The van der Waals surface area contributed by atoms with Crippen molar-refractivity contribution < 1.29 is 9.47 Å². The number of hydrogen-bond acceptors (Lipinski definition) is 2. The normalized spacial score (nSPS) is 8.67.